The van der Waals surface area contributed by atoms with Crippen LogP contribution in [0.1, 0.15) is 43.4 Å². The third kappa shape index (κ3) is 3.07. The molecule has 1 N–H and O–H groups in total. The van der Waals surface area contributed by atoms with Gasteiger partial charge in [0.2, 0.25) is 0 Å². The average Bonchev–Trinajstić information content (AvgIpc) is 2.14. The highest BCUT2D eigenvalue weighted by atomic mass is 16.2. The summed E-state index contributed by atoms with van der Waals surface area (Å²) in [6.07, 6.45) is 1.50. The summed E-state index contributed by atoms with van der Waals surface area (Å²) in [5.74, 6) is 1.28. The molecular weight excluding hydrogens is 176 g/mol. The standard InChI is InChI=1S/C11H18N2O/c1-8(2)10-7-9(3)12-11(13-10)5-4-6-14/h7-8,14H,4-6H2,1-3H3. The molecule has 0 aliphatic heterocycles. The first-order valence-electron chi connectivity index (χ1n) is 5.08. The van der Waals surface area contributed by atoms with Gasteiger partial charge in [-0.2, -0.15) is 0 Å². The van der Waals surface area contributed by atoms with Gasteiger partial charge in [0.15, 0.2) is 0 Å². The van der Waals surface area contributed by atoms with Gasteiger partial charge >= 0.3 is 0 Å². The van der Waals surface area contributed by atoms with Gasteiger partial charge in [0, 0.05) is 24.4 Å². The summed E-state index contributed by atoms with van der Waals surface area (Å²) in [4.78, 5) is 8.78. The first-order valence-corrected chi connectivity index (χ1v) is 5.08. The molecule has 14 heavy (non-hydrogen) atoms. The third-order valence-corrected chi connectivity index (χ3v) is 2.07. The van der Waals surface area contributed by atoms with Crippen molar-refractivity contribution in [2.45, 2.75) is 39.5 Å². The average molecular weight is 194 g/mol. The molecule has 0 saturated carbocycles. The largest absolute Gasteiger partial charge is 0.396 e. The van der Waals surface area contributed by atoms with Crippen molar-refractivity contribution in [3.8, 4) is 0 Å². The Bertz CT molecular complexity index is 297. The van der Waals surface area contributed by atoms with E-state index < -0.39 is 0 Å². The Hall–Kier alpha value is -0.960. The SMILES string of the molecule is Cc1cc(C(C)C)nc(CCCO)n1. The molecule has 0 radical (unpaired) electrons. The van der Waals surface area contributed by atoms with Crippen molar-refractivity contribution >= 4 is 0 Å². The Kier molecular flexibility index (Phi) is 4.01. The summed E-state index contributed by atoms with van der Waals surface area (Å²) < 4.78 is 0. The van der Waals surface area contributed by atoms with E-state index in [2.05, 4.69) is 23.8 Å². The molecule has 1 heterocycles. The minimum Gasteiger partial charge on any atom is -0.396 e. The monoisotopic (exact) mass is 194 g/mol. The summed E-state index contributed by atoms with van der Waals surface area (Å²) in [5.41, 5.74) is 2.10. The Balaban J connectivity index is 2.84. The molecule has 0 aromatic carbocycles. The maximum Gasteiger partial charge on any atom is 0.128 e. The zero-order valence-corrected chi connectivity index (χ0v) is 9.12. The predicted molar refractivity (Wildman–Crippen MR) is 56.3 cm³/mol. The van der Waals surface area contributed by atoms with Crippen LogP contribution < -0.4 is 0 Å². The molecule has 1 rings (SSSR count). The molecule has 78 valence electrons. The van der Waals surface area contributed by atoms with Crippen molar-refractivity contribution < 1.29 is 5.11 Å². The Morgan fingerprint density at radius 3 is 2.64 bits per heavy atom. The number of rotatable bonds is 4. The summed E-state index contributed by atoms with van der Waals surface area (Å²) in [7, 11) is 0. The zero-order chi connectivity index (χ0) is 10.6. The lowest BCUT2D eigenvalue weighted by atomic mass is 10.1. The van der Waals surface area contributed by atoms with Gasteiger partial charge in [-0.05, 0) is 25.3 Å². The highest BCUT2D eigenvalue weighted by Crippen LogP contribution is 2.12. The van der Waals surface area contributed by atoms with E-state index in [0.29, 0.717) is 5.92 Å². The fourth-order valence-electron chi connectivity index (χ4n) is 1.30. The molecule has 3 nitrogen and oxygen atoms in total. The Labute approximate surface area is 85.2 Å². The number of aliphatic hydroxyl groups is 1. The van der Waals surface area contributed by atoms with Crippen LogP contribution in [0, 0.1) is 6.92 Å². The Morgan fingerprint density at radius 1 is 1.36 bits per heavy atom. The molecule has 0 saturated heterocycles. The zero-order valence-electron chi connectivity index (χ0n) is 9.12. The Morgan fingerprint density at radius 2 is 2.07 bits per heavy atom. The first kappa shape index (κ1) is 11.1. The summed E-state index contributed by atoms with van der Waals surface area (Å²) in [6.45, 7) is 6.43. The van der Waals surface area contributed by atoms with Crippen molar-refractivity contribution in [1.82, 2.24) is 9.97 Å². The van der Waals surface area contributed by atoms with Crippen LogP contribution in [0.15, 0.2) is 6.07 Å². The molecule has 0 bridgehead atoms. The van der Waals surface area contributed by atoms with Crippen molar-refractivity contribution in [2.75, 3.05) is 6.61 Å². The quantitative estimate of drug-likeness (QED) is 0.795. The topological polar surface area (TPSA) is 46.0 Å². The fourth-order valence-corrected chi connectivity index (χ4v) is 1.30. The van der Waals surface area contributed by atoms with Gasteiger partial charge in [-0.3, -0.25) is 0 Å². The number of hydrogen-bond acceptors (Lipinski definition) is 3. The molecule has 0 atom stereocenters. The van der Waals surface area contributed by atoms with Crippen molar-refractivity contribution in [2.24, 2.45) is 0 Å². The second kappa shape index (κ2) is 5.05. The summed E-state index contributed by atoms with van der Waals surface area (Å²) in [5, 5.41) is 8.72. The van der Waals surface area contributed by atoms with Crippen molar-refractivity contribution in [3.05, 3.63) is 23.3 Å². The molecule has 3 heteroatoms. The second-order valence-corrected chi connectivity index (χ2v) is 3.83. The second-order valence-electron chi connectivity index (χ2n) is 3.83. The summed E-state index contributed by atoms with van der Waals surface area (Å²) in [6, 6.07) is 2.02. The first-order chi connectivity index (χ1) is 6.63. The van der Waals surface area contributed by atoms with Crippen LogP contribution in [0.4, 0.5) is 0 Å². The van der Waals surface area contributed by atoms with Gasteiger partial charge in [0.05, 0.1) is 0 Å². The normalized spacial score (nSPS) is 10.9. The molecule has 1 aromatic rings. The van der Waals surface area contributed by atoms with E-state index in [1.807, 2.05) is 13.0 Å². The molecule has 0 aliphatic carbocycles. The van der Waals surface area contributed by atoms with Crippen LogP contribution in [0.3, 0.4) is 0 Å². The molecule has 1 aromatic heterocycles. The van der Waals surface area contributed by atoms with Crippen LogP contribution in [0.5, 0.6) is 0 Å². The van der Waals surface area contributed by atoms with Crippen LogP contribution >= 0.6 is 0 Å². The van der Waals surface area contributed by atoms with Gasteiger partial charge in [-0.1, -0.05) is 13.8 Å². The molecule has 0 fully saturated rings. The number of aromatic nitrogens is 2. The minimum atomic E-state index is 0.203. The molecule has 0 aliphatic rings. The number of hydrogen-bond donors (Lipinski definition) is 1. The molecular formula is C11H18N2O. The maximum absolute atomic E-state index is 8.72. The van der Waals surface area contributed by atoms with Crippen LogP contribution in [-0.2, 0) is 6.42 Å². The van der Waals surface area contributed by atoms with Crippen LogP contribution in [0.2, 0.25) is 0 Å². The molecule has 0 amide bonds. The predicted octanol–water partition coefficient (Wildman–Crippen LogP) is 1.83. The fraction of sp³-hybridized carbons (Fsp3) is 0.636. The van der Waals surface area contributed by atoms with Crippen LogP contribution in [0.25, 0.3) is 0 Å². The van der Waals surface area contributed by atoms with E-state index in [0.717, 1.165) is 30.1 Å². The number of nitrogens with zero attached hydrogens (tertiary/aromatic N) is 2. The highest BCUT2D eigenvalue weighted by Gasteiger charge is 2.05. The van der Waals surface area contributed by atoms with E-state index in [9.17, 15) is 0 Å². The molecule has 0 unspecified atom stereocenters. The van der Waals surface area contributed by atoms with Gasteiger partial charge in [-0.15, -0.1) is 0 Å². The highest BCUT2D eigenvalue weighted by molar-refractivity contribution is 5.13. The van der Waals surface area contributed by atoms with Crippen molar-refractivity contribution in [3.63, 3.8) is 0 Å². The molecule has 0 spiro atoms. The van der Waals surface area contributed by atoms with E-state index in [4.69, 9.17) is 5.11 Å². The lowest BCUT2D eigenvalue weighted by Crippen LogP contribution is -2.03. The lowest BCUT2D eigenvalue weighted by molar-refractivity contribution is 0.287. The van der Waals surface area contributed by atoms with E-state index >= 15 is 0 Å². The van der Waals surface area contributed by atoms with Crippen LogP contribution in [-0.4, -0.2) is 21.7 Å². The minimum absolute atomic E-state index is 0.203. The van der Waals surface area contributed by atoms with Gasteiger partial charge in [-0.25, -0.2) is 9.97 Å². The third-order valence-electron chi connectivity index (χ3n) is 2.07. The van der Waals surface area contributed by atoms with Gasteiger partial charge < -0.3 is 5.11 Å². The number of aliphatic hydroxyl groups excluding tert-OH is 1. The smallest absolute Gasteiger partial charge is 0.128 e. The number of aryl methyl sites for hydroxylation is 2. The van der Waals surface area contributed by atoms with Crippen molar-refractivity contribution in [1.29, 1.82) is 0 Å². The van der Waals surface area contributed by atoms with Gasteiger partial charge in [0.1, 0.15) is 5.82 Å². The maximum atomic E-state index is 8.72. The van der Waals surface area contributed by atoms with E-state index in [1.54, 1.807) is 0 Å². The van der Waals surface area contributed by atoms with E-state index in [1.165, 1.54) is 0 Å². The van der Waals surface area contributed by atoms with Gasteiger partial charge in [0.25, 0.3) is 0 Å². The van der Waals surface area contributed by atoms with E-state index in [-0.39, 0.29) is 6.61 Å². The lowest BCUT2D eigenvalue weighted by Gasteiger charge is -2.07. The summed E-state index contributed by atoms with van der Waals surface area (Å²) >= 11 is 0.